The first-order valence-corrected chi connectivity index (χ1v) is 5.31. The molecule has 2 atom stereocenters. The van der Waals surface area contributed by atoms with Crippen molar-refractivity contribution in [2.75, 3.05) is 13.2 Å². The summed E-state index contributed by atoms with van der Waals surface area (Å²) in [5.74, 6) is 1.36. The number of nitrogens with zero attached hydrogens (tertiary/aromatic N) is 2. The highest BCUT2D eigenvalue weighted by molar-refractivity contribution is 5.88. The third-order valence-corrected chi connectivity index (χ3v) is 1.99. The topological polar surface area (TPSA) is 43.2 Å². The Morgan fingerprint density at radius 2 is 1.38 bits per heavy atom. The summed E-state index contributed by atoms with van der Waals surface area (Å²) in [5, 5.41) is 0. The number of ether oxygens (including phenoxy) is 2. The average molecular weight is 222 g/mol. The molecular formula is C12H18N2O2. The zero-order valence-electron chi connectivity index (χ0n) is 9.85. The SMILES string of the molecule is C=CC1=NC(C)CO1.C=CC1=NC(C)CO1. The van der Waals surface area contributed by atoms with E-state index in [0.717, 1.165) is 0 Å². The second kappa shape index (κ2) is 6.10. The maximum absolute atomic E-state index is 5.05. The summed E-state index contributed by atoms with van der Waals surface area (Å²) in [6, 6.07) is 0.644. The van der Waals surface area contributed by atoms with Crippen LogP contribution in [-0.2, 0) is 9.47 Å². The molecule has 0 saturated heterocycles. The lowest BCUT2D eigenvalue weighted by molar-refractivity contribution is 0.325. The molecule has 0 aliphatic carbocycles. The quantitative estimate of drug-likeness (QED) is 0.717. The van der Waals surface area contributed by atoms with Gasteiger partial charge in [0.25, 0.3) is 0 Å². The smallest absolute Gasteiger partial charge is 0.208 e. The van der Waals surface area contributed by atoms with Gasteiger partial charge in [-0.3, -0.25) is 0 Å². The van der Waals surface area contributed by atoms with Crippen LogP contribution in [0.3, 0.4) is 0 Å². The van der Waals surface area contributed by atoms with Crippen molar-refractivity contribution in [1.82, 2.24) is 0 Å². The molecule has 2 rings (SSSR count). The van der Waals surface area contributed by atoms with E-state index in [1.165, 1.54) is 0 Å². The molecule has 0 N–H and O–H groups in total. The lowest BCUT2D eigenvalue weighted by atomic mass is 10.4. The molecule has 2 heterocycles. The van der Waals surface area contributed by atoms with Crippen LogP contribution in [0.4, 0.5) is 0 Å². The van der Waals surface area contributed by atoms with E-state index in [-0.39, 0.29) is 0 Å². The fourth-order valence-electron chi connectivity index (χ4n) is 1.22. The Bertz CT molecular complexity index is 289. The maximum atomic E-state index is 5.05. The lowest BCUT2D eigenvalue weighted by Gasteiger charge is -1.90. The molecule has 0 saturated carbocycles. The number of hydrogen-bond acceptors (Lipinski definition) is 4. The van der Waals surface area contributed by atoms with Crippen molar-refractivity contribution in [3.05, 3.63) is 25.3 Å². The summed E-state index contributed by atoms with van der Waals surface area (Å²) >= 11 is 0. The Labute approximate surface area is 96.4 Å². The van der Waals surface area contributed by atoms with Gasteiger partial charge in [-0.1, -0.05) is 13.2 Å². The van der Waals surface area contributed by atoms with Crippen molar-refractivity contribution < 1.29 is 9.47 Å². The summed E-state index contributed by atoms with van der Waals surface area (Å²) in [5.41, 5.74) is 0. The molecule has 0 aromatic rings. The monoisotopic (exact) mass is 222 g/mol. The highest BCUT2D eigenvalue weighted by Gasteiger charge is 2.10. The van der Waals surface area contributed by atoms with E-state index in [2.05, 4.69) is 23.1 Å². The van der Waals surface area contributed by atoms with Crippen molar-refractivity contribution >= 4 is 11.8 Å². The summed E-state index contributed by atoms with van der Waals surface area (Å²) in [6.45, 7) is 12.5. The van der Waals surface area contributed by atoms with E-state index >= 15 is 0 Å². The normalized spacial score (nSPS) is 26.6. The molecule has 16 heavy (non-hydrogen) atoms. The second-order valence-corrected chi connectivity index (χ2v) is 3.66. The Balaban J connectivity index is 0.000000160. The largest absolute Gasteiger partial charge is 0.476 e. The van der Waals surface area contributed by atoms with Gasteiger partial charge in [0.1, 0.15) is 13.2 Å². The first kappa shape index (κ1) is 12.5. The van der Waals surface area contributed by atoms with Crippen molar-refractivity contribution in [2.45, 2.75) is 25.9 Å². The molecule has 0 aromatic carbocycles. The molecular weight excluding hydrogens is 204 g/mol. The summed E-state index contributed by atoms with van der Waals surface area (Å²) in [4.78, 5) is 8.17. The third kappa shape index (κ3) is 3.88. The Morgan fingerprint density at radius 3 is 1.50 bits per heavy atom. The first-order valence-electron chi connectivity index (χ1n) is 5.31. The summed E-state index contributed by atoms with van der Waals surface area (Å²) in [6.07, 6.45) is 3.26. The van der Waals surface area contributed by atoms with E-state index < -0.39 is 0 Å². The highest BCUT2D eigenvalue weighted by atomic mass is 16.5. The molecule has 0 spiro atoms. The number of rotatable bonds is 2. The van der Waals surface area contributed by atoms with Gasteiger partial charge in [-0.05, 0) is 26.0 Å². The fourth-order valence-corrected chi connectivity index (χ4v) is 1.22. The zero-order chi connectivity index (χ0) is 12.0. The van der Waals surface area contributed by atoms with Crippen LogP contribution in [-0.4, -0.2) is 37.1 Å². The molecule has 2 unspecified atom stereocenters. The van der Waals surface area contributed by atoms with Gasteiger partial charge in [0.2, 0.25) is 11.8 Å². The predicted molar refractivity (Wildman–Crippen MR) is 66.1 cm³/mol. The van der Waals surface area contributed by atoms with Crippen molar-refractivity contribution in [1.29, 1.82) is 0 Å². The average Bonchev–Trinajstić information content (AvgIpc) is 2.88. The zero-order valence-corrected chi connectivity index (χ0v) is 9.85. The molecule has 4 nitrogen and oxygen atoms in total. The van der Waals surface area contributed by atoms with Gasteiger partial charge in [0.05, 0.1) is 12.1 Å². The van der Waals surface area contributed by atoms with Gasteiger partial charge in [-0.15, -0.1) is 0 Å². The van der Waals surface area contributed by atoms with E-state index in [1.54, 1.807) is 12.2 Å². The third-order valence-electron chi connectivity index (χ3n) is 1.99. The molecule has 0 fully saturated rings. The van der Waals surface area contributed by atoms with Crippen molar-refractivity contribution in [2.24, 2.45) is 9.98 Å². The minimum Gasteiger partial charge on any atom is -0.476 e. The van der Waals surface area contributed by atoms with Gasteiger partial charge >= 0.3 is 0 Å². The molecule has 4 heteroatoms. The molecule has 88 valence electrons. The van der Waals surface area contributed by atoms with Gasteiger partial charge < -0.3 is 9.47 Å². The number of hydrogen-bond donors (Lipinski definition) is 0. The highest BCUT2D eigenvalue weighted by Crippen LogP contribution is 2.03. The van der Waals surface area contributed by atoms with Crippen molar-refractivity contribution in [3.8, 4) is 0 Å². The van der Waals surface area contributed by atoms with E-state index in [4.69, 9.17) is 9.47 Å². The molecule has 0 radical (unpaired) electrons. The van der Waals surface area contributed by atoms with Gasteiger partial charge in [0.15, 0.2) is 0 Å². The Morgan fingerprint density at radius 1 is 1.00 bits per heavy atom. The standard InChI is InChI=1S/2C6H9NO/c2*1-3-6-7-5(2)4-8-6/h2*3,5H,1,4H2,2H3. The van der Waals surface area contributed by atoms with Gasteiger partial charge in [0, 0.05) is 0 Å². The van der Waals surface area contributed by atoms with Crippen LogP contribution in [0.2, 0.25) is 0 Å². The molecule has 2 aliphatic heterocycles. The molecule has 0 aromatic heterocycles. The van der Waals surface area contributed by atoms with Crippen LogP contribution < -0.4 is 0 Å². The summed E-state index contributed by atoms with van der Waals surface area (Å²) in [7, 11) is 0. The summed E-state index contributed by atoms with van der Waals surface area (Å²) < 4.78 is 10.1. The van der Waals surface area contributed by atoms with Crippen molar-refractivity contribution in [3.63, 3.8) is 0 Å². The Hall–Kier alpha value is -1.58. The lowest BCUT2D eigenvalue weighted by Crippen LogP contribution is -1.98. The molecule has 0 amide bonds. The van der Waals surface area contributed by atoms with Crippen LogP contribution in [0.15, 0.2) is 35.3 Å². The van der Waals surface area contributed by atoms with Crippen LogP contribution >= 0.6 is 0 Å². The van der Waals surface area contributed by atoms with Gasteiger partial charge in [-0.25, -0.2) is 9.98 Å². The van der Waals surface area contributed by atoms with Crippen LogP contribution in [0.5, 0.6) is 0 Å². The van der Waals surface area contributed by atoms with Gasteiger partial charge in [-0.2, -0.15) is 0 Å². The van der Waals surface area contributed by atoms with Crippen LogP contribution in [0, 0.1) is 0 Å². The van der Waals surface area contributed by atoms with Crippen LogP contribution in [0.25, 0.3) is 0 Å². The number of aliphatic imine (C=N–C) groups is 2. The minimum atomic E-state index is 0.322. The minimum absolute atomic E-state index is 0.322. The Kier molecular flexibility index (Phi) is 4.76. The van der Waals surface area contributed by atoms with E-state index in [0.29, 0.717) is 37.1 Å². The molecule has 2 aliphatic rings. The van der Waals surface area contributed by atoms with E-state index in [1.807, 2.05) is 13.8 Å². The molecule has 0 bridgehead atoms. The van der Waals surface area contributed by atoms with E-state index in [9.17, 15) is 0 Å². The predicted octanol–water partition coefficient (Wildman–Crippen LogP) is 1.98. The van der Waals surface area contributed by atoms with Crippen LogP contribution in [0.1, 0.15) is 13.8 Å². The maximum Gasteiger partial charge on any atom is 0.208 e. The fraction of sp³-hybridized carbons (Fsp3) is 0.500. The second-order valence-electron chi connectivity index (χ2n) is 3.66. The first-order chi connectivity index (χ1) is 7.65.